The first kappa shape index (κ1) is 12.4. The van der Waals surface area contributed by atoms with E-state index in [9.17, 15) is 0 Å². The van der Waals surface area contributed by atoms with Crippen molar-refractivity contribution in [3.05, 3.63) is 22.8 Å². The number of thioether (sulfide) groups is 1. The molecule has 1 fully saturated rings. The maximum Gasteiger partial charge on any atom is 0.110 e. The predicted octanol–water partition coefficient (Wildman–Crippen LogP) is 3.33. The Kier molecular flexibility index (Phi) is 5.13. The Bertz CT molecular complexity index is 327. The van der Waals surface area contributed by atoms with Crippen LogP contribution in [0.1, 0.15) is 19.3 Å². The van der Waals surface area contributed by atoms with Gasteiger partial charge in [-0.3, -0.25) is 0 Å². The highest BCUT2D eigenvalue weighted by molar-refractivity contribution is 9.10. The molecule has 2 heterocycles. The molecule has 0 amide bonds. The maximum atomic E-state index is 4.36. The van der Waals surface area contributed by atoms with Crippen molar-refractivity contribution in [1.82, 2.24) is 10.3 Å². The van der Waals surface area contributed by atoms with Gasteiger partial charge in [0.25, 0.3) is 0 Å². The number of nitrogens with zero attached hydrogens (tertiary/aromatic N) is 1. The van der Waals surface area contributed by atoms with E-state index in [0.29, 0.717) is 0 Å². The van der Waals surface area contributed by atoms with Gasteiger partial charge in [-0.1, -0.05) is 0 Å². The highest BCUT2D eigenvalue weighted by Crippen LogP contribution is 2.26. The minimum Gasteiger partial charge on any atom is -0.316 e. The second-order valence-corrected chi connectivity index (χ2v) is 6.08. The lowest BCUT2D eigenvalue weighted by Gasteiger charge is -2.22. The van der Waals surface area contributed by atoms with E-state index in [1.165, 1.54) is 38.1 Å². The second kappa shape index (κ2) is 6.62. The van der Waals surface area contributed by atoms with Gasteiger partial charge in [0.15, 0.2) is 0 Å². The zero-order valence-corrected chi connectivity index (χ0v) is 11.7. The summed E-state index contributed by atoms with van der Waals surface area (Å²) in [5, 5.41) is 4.58. The quantitative estimate of drug-likeness (QED) is 0.864. The van der Waals surface area contributed by atoms with Crippen LogP contribution in [0.3, 0.4) is 0 Å². The van der Waals surface area contributed by atoms with Crippen LogP contribution in [0.4, 0.5) is 0 Å². The zero-order chi connectivity index (χ0) is 11.2. The number of piperidine rings is 1. The Morgan fingerprint density at radius 1 is 1.56 bits per heavy atom. The Labute approximate surface area is 110 Å². The molecule has 4 heteroatoms. The topological polar surface area (TPSA) is 24.9 Å². The lowest BCUT2D eigenvalue weighted by atomic mass is 9.97. The molecule has 1 unspecified atom stereocenters. The first-order valence-corrected chi connectivity index (χ1v) is 7.58. The number of pyridine rings is 1. The molecular formula is C12H17BrN2S. The van der Waals surface area contributed by atoms with E-state index in [4.69, 9.17) is 0 Å². The third-order valence-electron chi connectivity index (χ3n) is 2.89. The number of halogens is 1. The molecule has 1 aliphatic heterocycles. The summed E-state index contributed by atoms with van der Waals surface area (Å²) < 4.78 is 1.11. The van der Waals surface area contributed by atoms with Crippen molar-refractivity contribution in [1.29, 1.82) is 0 Å². The molecule has 0 saturated carbocycles. The molecule has 1 atom stereocenters. The molecule has 16 heavy (non-hydrogen) atoms. The van der Waals surface area contributed by atoms with Gasteiger partial charge in [-0.25, -0.2) is 4.98 Å². The monoisotopic (exact) mass is 300 g/mol. The van der Waals surface area contributed by atoms with Crippen molar-refractivity contribution in [2.45, 2.75) is 24.3 Å². The largest absolute Gasteiger partial charge is 0.316 e. The molecule has 0 radical (unpaired) electrons. The Morgan fingerprint density at radius 2 is 2.50 bits per heavy atom. The van der Waals surface area contributed by atoms with Crippen LogP contribution in [0.25, 0.3) is 0 Å². The molecule has 2 nitrogen and oxygen atoms in total. The first-order chi connectivity index (χ1) is 7.86. The minimum absolute atomic E-state index is 0.865. The normalized spacial score (nSPS) is 20.9. The predicted molar refractivity (Wildman–Crippen MR) is 72.9 cm³/mol. The average Bonchev–Trinajstić information content (AvgIpc) is 2.33. The third-order valence-corrected chi connectivity index (χ3v) is 4.83. The summed E-state index contributed by atoms with van der Waals surface area (Å²) in [6, 6.07) is 4.01. The van der Waals surface area contributed by atoms with Gasteiger partial charge in [0.05, 0.1) is 0 Å². The van der Waals surface area contributed by atoms with E-state index >= 15 is 0 Å². The standard InChI is InChI=1S/C12H17BrN2S/c13-11-4-2-7-15-12(11)16-8-5-10-3-1-6-14-9-10/h2,4,7,10,14H,1,3,5-6,8-9H2. The zero-order valence-electron chi connectivity index (χ0n) is 9.29. The van der Waals surface area contributed by atoms with Gasteiger partial charge in [-0.05, 0) is 72.1 Å². The molecule has 2 rings (SSSR count). The fourth-order valence-electron chi connectivity index (χ4n) is 1.97. The summed E-state index contributed by atoms with van der Waals surface area (Å²) in [5.74, 6) is 2.03. The van der Waals surface area contributed by atoms with Gasteiger partial charge in [-0.15, -0.1) is 11.8 Å². The summed E-state index contributed by atoms with van der Waals surface area (Å²) in [7, 11) is 0. The van der Waals surface area contributed by atoms with Crippen LogP contribution in [-0.4, -0.2) is 23.8 Å². The van der Waals surface area contributed by atoms with Crippen molar-refractivity contribution >= 4 is 27.7 Å². The van der Waals surface area contributed by atoms with Gasteiger partial charge in [-0.2, -0.15) is 0 Å². The van der Waals surface area contributed by atoms with Crippen LogP contribution in [0, 0.1) is 5.92 Å². The summed E-state index contributed by atoms with van der Waals surface area (Å²) in [6.07, 6.45) is 5.87. The van der Waals surface area contributed by atoms with E-state index in [0.717, 1.165) is 15.4 Å². The van der Waals surface area contributed by atoms with Crippen molar-refractivity contribution in [2.24, 2.45) is 5.92 Å². The van der Waals surface area contributed by atoms with Crippen LogP contribution in [0.15, 0.2) is 27.8 Å². The molecule has 0 aliphatic carbocycles. The number of aromatic nitrogens is 1. The molecule has 0 spiro atoms. The smallest absolute Gasteiger partial charge is 0.110 e. The van der Waals surface area contributed by atoms with Gasteiger partial charge < -0.3 is 5.32 Å². The van der Waals surface area contributed by atoms with E-state index in [-0.39, 0.29) is 0 Å². The summed E-state index contributed by atoms with van der Waals surface area (Å²) in [5.41, 5.74) is 0. The molecular weight excluding hydrogens is 284 g/mol. The number of hydrogen-bond acceptors (Lipinski definition) is 3. The average molecular weight is 301 g/mol. The van der Waals surface area contributed by atoms with Gasteiger partial charge in [0.1, 0.15) is 5.03 Å². The van der Waals surface area contributed by atoms with E-state index in [2.05, 4.69) is 32.3 Å². The van der Waals surface area contributed by atoms with Gasteiger partial charge >= 0.3 is 0 Å². The van der Waals surface area contributed by atoms with Gasteiger partial charge in [0, 0.05) is 10.7 Å². The molecule has 88 valence electrons. The fraction of sp³-hybridized carbons (Fsp3) is 0.583. The maximum absolute atomic E-state index is 4.36. The number of rotatable bonds is 4. The third kappa shape index (κ3) is 3.75. The Balaban J connectivity index is 1.73. The van der Waals surface area contributed by atoms with Crippen molar-refractivity contribution in [2.75, 3.05) is 18.8 Å². The van der Waals surface area contributed by atoms with Crippen molar-refractivity contribution in [3.8, 4) is 0 Å². The van der Waals surface area contributed by atoms with Crippen LogP contribution < -0.4 is 5.32 Å². The van der Waals surface area contributed by atoms with E-state index in [1.54, 1.807) is 0 Å². The van der Waals surface area contributed by atoms with E-state index in [1.807, 2.05) is 24.0 Å². The summed E-state index contributed by atoms with van der Waals surface area (Å²) in [4.78, 5) is 4.36. The van der Waals surface area contributed by atoms with Crippen LogP contribution in [-0.2, 0) is 0 Å². The number of hydrogen-bond donors (Lipinski definition) is 1. The second-order valence-electron chi connectivity index (χ2n) is 4.14. The summed E-state index contributed by atoms with van der Waals surface area (Å²) in [6.45, 7) is 2.40. The van der Waals surface area contributed by atoms with Crippen molar-refractivity contribution < 1.29 is 0 Å². The Morgan fingerprint density at radius 3 is 3.25 bits per heavy atom. The highest BCUT2D eigenvalue weighted by atomic mass is 79.9. The molecule has 1 aliphatic rings. The molecule has 1 N–H and O–H groups in total. The van der Waals surface area contributed by atoms with E-state index < -0.39 is 0 Å². The molecule has 1 aromatic heterocycles. The van der Waals surface area contributed by atoms with Crippen molar-refractivity contribution in [3.63, 3.8) is 0 Å². The number of nitrogens with one attached hydrogen (secondary N) is 1. The fourth-order valence-corrected chi connectivity index (χ4v) is 3.55. The lowest BCUT2D eigenvalue weighted by molar-refractivity contribution is 0.371. The first-order valence-electron chi connectivity index (χ1n) is 5.80. The lowest BCUT2D eigenvalue weighted by Crippen LogP contribution is -2.29. The highest BCUT2D eigenvalue weighted by Gasteiger charge is 2.12. The minimum atomic E-state index is 0.865. The molecule has 1 saturated heterocycles. The molecule has 1 aromatic rings. The Hall–Kier alpha value is -0.0600. The van der Waals surface area contributed by atoms with Crippen LogP contribution in [0.5, 0.6) is 0 Å². The molecule has 0 aromatic carbocycles. The van der Waals surface area contributed by atoms with Gasteiger partial charge in [0.2, 0.25) is 0 Å². The molecule has 0 bridgehead atoms. The summed E-state index contributed by atoms with van der Waals surface area (Å²) >= 11 is 5.38. The van der Waals surface area contributed by atoms with Crippen LogP contribution >= 0.6 is 27.7 Å². The van der Waals surface area contributed by atoms with Crippen LogP contribution in [0.2, 0.25) is 0 Å². The SMILES string of the molecule is Brc1cccnc1SCCC1CCCNC1.